The Labute approximate surface area is 200 Å². The molecule has 3 rings (SSSR count). The third-order valence-corrected chi connectivity index (χ3v) is 4.95. The van der Waals surface area contributed by atoms with Crippen LogP contribution >= 0.6 is 0 Å². The zero-order chi connectivity index (χ0) is 25.7. The van der Waals surface area contributed by atoms with Crippen molar-refractivity contribution >= 4 is 23.2 Å². The van der Waals surface area contributed by atoms with E-state index in [4.69, 9.17) is 16.7 Å². The quantitative estimate of drug-likeness (QED) is 0.0809. The number of aromatic nitrogens is 2. The van der Waals surface area contributed by atoms with Crippen LogP contribution in [0.2, 0.25) is 0 Å². The second kappa shape index (κ2) is 10.5. The number of anilines is 2. The Bertz CT molecular complexity index is 1310. The molecule has 9 N–H and O–H groups in total. The number of phenolic OH excluding ortho intramolecular Hbond substituents is 2. The number of oxime groups is 1. The number of nitrogens with one attached hydrogen (secondary N) is 2. The summed E-state index contributed by atoms with van der Waals surface area (Å²) in [5.74, 6) is -0.967. The Morgan fingerprint density at radius 2 is 1.94 bits per heavy atom. The molecule has 2 aromatic carbocycles. The summed E-state index contributed by atoms with van der Waals surface area (Å²) in [5, 5.41) is 37.3. The summed E-state index contributed by atoms with van der Waals surface area (Å²) in [6.45, 7) is 3.41. The van der Waals surface area contributed by atoms with Crippen molar-refractivity contribution < 1.29 is 20.2 Å². The van der Waals surface area contributed by atoms with Crippen LogP contribution in [-0.2, 0) is 17.9 Å². The van der Waals surface area contributed by atoms with Gasteiger partial charge in [0.15, 0.2) is 11.7 Å². The van der Waals surface area contributed by atoms with Gasteiger partial charge in [-0.05, 0) is 43.7 Å². The molecule has 0 unspecified atom stereocenters. The number of carbonyl (C=O) groups excluding carboxylic acids is 1. The van der Waals surface area contributed by atoms with E-state index in [1.165, 1.54) is 35.0 Å². The second-order valence-electron chi connectivity index (χ2n) is 8.11. The lowest BCUT2D eigenvalue weighted by Gasteiger charge is -2.16. The Morgan fingerprint density at radius 3 is 2.57 bits per heavy atom. The summed E-state index contributed by atoms with van der Waals surface area (Å²) in [6, 6.07) is 8.69. The zero-order valence-corrected chi connectivity index (χ0v) is 19.2. The van der Waals surface area contributed by atoms with E-state index in [-0.39, 0.29) is 53.5 Å². The highest BCUT2D eigenvalue weighted by molar-refractivity contribution is 5.99. The number of nitrogens with two attached hydrogens (primary N) is 2. The van der Waals surface area contributed by atoms with E-state index in [0.29, 0.717) is 16.8 Å². The van der Waals surface area contributed by atoms with Crippen LogP contribution in [0.1, 0.15) is 25.0 Å². The van der Waals surface area contributed by atoms with Gasteiger partial charge in [-0.1, -0.05) is 11.2 Å². The van der Waals surface area contributed by atoms with Crippen molar-refractivity contribution in [1.29, 1.82) is 0 Å². The third-order valence-electron chi connectivity index (χ3n) is 4.95. The summed E-state index contributed by atoms with van der Waals surface area (Å²) in [6.07, 6.45) is 1.43. The van der Waals surface area contributed by atoms with E-state index < -0.39 is 11.5 Å². The van der Waals surface area contributed by atoms with Crippen LogP contribution in [-0.4, -0.2) is 42.8 Å². The molecule has 0 fully saturated rings. The lowest BCUT2D eigenvalue weighted by Crippen LogP contribution is -2.35. The fourth-order valence-electron chi connectivity index (χ4n) is 3.39. The number of amides is 1. The molecular weight excluding hydrogens is 454 g/mol. The Morgan fingerprint density at radius 1 is 1.20 bits per heavy atom. The number of aromatic hydroxyl groups is 2. The monoisotopic (exact) mass is 481 g/mol. The summed E-state index contributed by atoms with van der Waals surface area (Å²) in [5.41, 5.74) is 12.5. The van der Waals surface area contributed by atoms with Crippen LogP contribution in [0.15, 0.2) is 52.5 Å². The number of rotatable bonds is 8. The molecule has 12 nitrogen and oxygen atoms in total. The highest BCUT2D eigenvalue weighted by Gasteiger charge is 2.17. The molecule has 1 amide bonds. The SMILES string of the molecule is CC(C)Nc1ncc(-c2cc(N)cc(O)c2)n(CC(=O)NCc2ccc(/C(N)=N/O)c(O)c2)c1=O. The van der Waals surface area contributed by atoms with Crippen LogP contribution in [0.25, 0.3) is 11.3 Å². The van der Waals surface area contributed by atoms with E-state index >= 15 is 0 Å². The maximum absolute atomic E-state index is 13.1. The number of benzene rings is 2. The van der Waals surface area contributed by atoms with Gasteiger partial charge in [0.2, 0.25) is 5.91 Å². The van der Waals surface area contributed by atoms with Crippen molar-refractivity contribution in [2.45, 2.75) is 33.0 Å². The minimum Gasteiger partial charge on any atom is -0.508 e. The minimum absolute atomic E-state index is 0.0498. The molecule has 0 saturated carbocycles. The lowest BCUT2D eigenvalue weighted by atomic mass is 10.1. The van der Waals surface area contributed by atoms with E-state index in [2.05, 4.69) is 20.8 Å². The molecule has 0 bridgehead atoms. The maximum atomic E-state index is 13.1. The number of hydrogen-bond acceptors (Lipinski definition) is 9. The topological polar surface area (TPSA) is 201 Å². The van der Waals surface area contributed by atoms with E-state index in [1.807, 2.05) is 13.8 Å². The fourth-order valence-corrected chi connectivity index (χ4v) is 3.39. The molecule has 1 heterocycles. The molecule has 1 aromatic heterocycles. The third kappa shape index (κ3) is 5.99. The maximum Gasteiger partial charge on any atom is 0.294 e. The summed E-state index contributed by atoms with van der Waals surface area (Å²) in [4.78, 5) is 30.1. The van der Waals surface area contributed by atoms with Crippen molar-refractivity contribution in [1.82, 2.24) is 14.9 Å². The zero-order valence-electron chi connectivity index (χ0n) is 19.2. The largest absolute Gasteiger partial charge is 0.508 e. The average Bonchev–Trinajstić information content (AvgIpc) is 2.79. The van der Waals surface area contributed by atoms with Gasteiger partial charge in [0.05, 0.1) is 17.5 Å². The smallest absolute Gasteiger partial charge is 0.294 e. The van der Waals surface area contributed by atoms with Gasteiger partial charge in [0.25, 0.3) is 5.56 Å². The van der Waals surface area contributed by atoms with Crippen LogP contribution in [0.3, 0.4) is 0 Å². The first-order chi connectivity index (χ1) is 16.6. The van der Waals surface area contributed by atoms with Crippen LogP contribution in [0, 0.1) is 0 Å². The lowest BCUT2D eigenvalue weighted by molar-refractivity contribution is -0.121. The average molecular weight is 482 g/mol. The molecule has 0 radical (unpaired) electrons. The highest BCUT2D eigenvalue weighted by atomic mass is 16.4. The van der Waals surface area contributed by atoms with Gasteiger partial charge in [-0.2, -0.15) is 0 Å². The molecule has 0 spiro atoms. The van der Waals surface area contributed by atoms with Gasteiger partial charge >= 0.3 is 0 Å². The number of phenols is 2. The molecular formula is C23H27N7O5. The van der Waals surface area contributed by atoms with Crippen molar-refractivity contribution in [3.8, 4) is 22.8 Å². The first-order valence-corrected chi connectivity index (χ1v) is 10.6. The first kappa shape index (κ1) is 24.9. The number of carbonyl (C=O) groups is 1. The molecule has 0 aliphatic carbocycles. The van der Waals surface area contributed by atoms with Crippen molar-refractivity contribution in [2.24, 2.45) is 10.9 Å². The number of nitrogens with zero attached hydrogens (tertiary/aromatic N) is 3. The Balaban J connectivity index is 1.88. The molecule has 35 heavy (non-hydrogen) atoms. The van der Waals surface area contributed by atoms with Gasteiger partial charge in [-0.25, -0.2) is 4.98 Å². The van der Waals surface area contributed by atoms with Gasteiger partial charge in [0.1, 0.15) is 18.0 Å². The predicted octanol–water partition coefficient (Wildman–Crippen LogP) is 1.13. The summed E-state index contributed by atoms with van der Waals surface area (Å²) in [7, 11) is 0. The molecule has 0 aliphatic rings. The van der Waals surface area contributed by atoms with E-state index in [0.717, 1.165) is 0 Å². The summed E-state index contributed by atoms with van der Waals surface area (Å²) < 4.78 is 1.24. The summed E-state index contributed by atoms with van der Waals surface area (Å²) >= 11 is 0. The second-order valence-corrected chi connectivity index (χ2v) is 8.11. The molecule has 184 valence electrons. The predicted molar refractivity (Wildman–Crippen MR) is 131 cm³/mol. The van der Waals surface area contributed by atoms with E-state index in [1.54, 1.807) is 12.1 Å². The molecule has 3 aromatic rings. The first-order valence-electron chi connectivity index (χ1n) is 10.6. The fraction of sp³-hybridized carbons (Fsp3) is 0.217. The van der Waals surface area contributed by atoms with Gasteiger partial charge in [-0.15, -0.1) is 0 Å². The molecule has 0 saturated heterocycles. The molecule has 0 atom stereocenters. The normalized spacial score (nSPS) is 11.5. The van der Waals surface area contributed by atoms with Crippen LogP contribution in [0.4, 0.5) is 11.5 Å². The van der Waals surface area contributed by atoms with Crippen molar-refractivity contribution in [3.05, 3.63) is 64.1 Å². The molecule has 12 heteroatoms. The van der Waals surface area contributed by atoms with Gasteiger partial charge < -0.3 is 37.5 Å². The van der Waals surface area contributed by atoms with Gasteiger partial charge in [0, 0.05) is 29.9 Å². The standard InChI is InChI=1S/C23H27N7O5/c1-12(2)28-22-23(34)30(18(10-27-22)14-6-15(24)8-16(31)7-14)11-20(33)26-9-13-3-4-17(19(32)5-13)21(25)29-35/h3-8,10,12,31-32,35H,9,11,24H2,1-2H3,(H2,25,29)(H,26,33)(H,27,28). The number of hydrogen-bond donors (Lipinski definition) is 7. The van der Waals surface area contributed by atoms with Gasteiger partial charge in [-0.3, -0.25) is 14.2 Å². The van der Waals surface area contributed by atoms with Crippen LogP contribution in [0.5, 0.6) is 11.5 Å². The van der Waals surface area contributed by atoms with Crippen LogP contribution < -0.4 is 27.7 Å². The Hall–Kier alpha value is -4.74. The Kier molecular flexibility index (Phi) is 7.44. The molecule has 0 aliphatic heterocycles. The minimum atomic E-state index is -0.519. The number of nitrogen functional groups attached to an aromatic ring is 1. The van der Waals surface area contributed by atoms with E-state index in [9.17, 15) is 19.8 Å². The van der Waals surface area contributed by atoms with Crippen molar-refractivity contribution in [2.75, 3.05) is 11.1 Å². The number of amidine groups is 1. The highest BCUT2D eigenvalue weighted by Crippen LogP contribution is 2.26. The van der Waals surface area contributed by atoms with Crippen molar-refractivity contribution in [3.63, 3.8) is 0 Å².